The van der Waals surface area contributed by atoms with E-state index >= 15 is 0 Å². The standard InChI is InChI=1S/C6H7F3N2S/c1-10-2-4-5(6(7,8)9)11-3-12-4/h3,10H,2H2,1H3. The summed E-state index contributed by atoms with van der Waals surface area (Å²) in [5.74, 6) is 0. The second-order valence-electron chi connectivity index (χ2n) is 2.15. The van der Waals surface area contributed by atoms with Crippen molar-refractivity contribution in [3.63, 3.8) is 0 Å². The van der Waals surface area contributed by atoms with E-state index in [0.717, 1.165) is 11.3 Å². The number of hydrogen-bond donors (Lipinski definition) is 1. The third kappa shape index (κ3) is 1.95. The van der Waals surface area contributed by atoms with E-state index in [-0.39, 0.29) is 11.4 Å². The molecule has 1 aromatic heterocycles. The van der Waals surface area contributed by atoms with E-state index in [9.17, 15) is 13.2 Å². The monoisotopic (exact) mass is 196 g/mol. The summed E-state index contributed by atoms with van der Waals surface area (Å²) in [6.45, 7) is 0.208. The minimum absolute atomic E-state index is 0.208. The molecule has 0 aliphatic rings. The molecule has 6 heteroatoms. The summed E-state index contributed by atoms with van der Waals surface area (Å²) >= 11 is 1.01. The van der Waals surface area contributed by atoms with Gasteiger partial charge in [0.05, 0.1) is 10.4 Å². The van der Waals surface area contributed by atoms with Gasteiger partial charge in [0.1, 0.15) is 0 Å². The Hall–Kier alpha value is -0.620. The van der Waals surface area contributed by atoms with Crippen LogP contribution in [-0.2, 0) is 12.7 Å². The zero-order valence-corrected chi connectivity index (χ0v) is 7.09. The lowest BCUT2D eigenvalue weighted by Gasteiger charge is -2.04. The first kappa shape index (κ1) is 9.47. The van der Waals surface area contributed by atoms with Gasteiger partial charge in [-0.05, 0) is 7.05 Å². The van der Waals surface area contributed by atoms with E-state index in [0.29, 0.717) is 0 Å². The summed E-state index contributed by atoms with van der Waals surface area (Å²) in [7, 11) is 1.60. The fraction of sp³-hybridized carbons (Fsp3) is 0.500. The molecule has 1 rings (SSSR count). The molecule has 12 heavy (non-hydrogen) atoms. The van der Waals surface area contributed by atoms with Crippen LogP contribution in [0.4, 0.5) is 13.2 Å². The number of rotatable bonds is 2. The van der Waals surface area contributed by atoms with E-state index in [2.05, 4.69) is 10.3 Å². The van der Waals surface area contributed by atoms with Crippen LogP contribution in [0.15, 0.2) is 5.51 Å². The molecule has 68 valence electrons. The Kier molecular flexibility index (Phi) is 2.69. The molecule has 1 heterocycles. The van der Waals surface area contributed by atoms with Crippen molar-refractivity contribution in [2.45, 2.75) is 12.7 Å². The van der Waals surface area contributed by atoms with Gasteiger partial charge in [0.2, 0.25) is 0 Å². The SMILES string of the molecule is CNCc1scnc1C(F)(F)F. The van der Waals surface area contributed by atoms with Crippen molar-refractivity contribution in [2.24, 2.45) is 0 Å². The van der Waals surface area contributed by atoms with Gasteiger partial charge in [-0.15, -0.1) is 11.3 Å². The van der Waals surface area contributed by atoms with Gasteiger partial charge in [-0.1, -0.05) is 0 Å². The van der Waals surface area contributed by atoms with Crippen LogP contribution in [0.5, 0.6) is 0 Å². The maximum absolute atomic E-state index is 12.1. The maximum atomic E-state index is 12.1. The summed E-state index contributed by atoms with van der Waals surface area (Å²) in [6.07, 6.45) is -4.33. The number of nitrogens with one attached hydrogen (secondary N) is 1. The number of aromatic nitrogens is 1. The molecule has 0 radical (unpaired) electrons. The molecular weight excluding hydrogens is 189 g/mol. The van der Waals surface area contributed by atoms with Crippen LogP contribution >= 0.6 is 11.3 Å². The topological polar surface area (TPSA) is 24.9 Å². The lowest BCUT2D eigenvalue weighted by atomic mass is 10.3. The fourth-order valence-electron chi connectivity index (χ4n) is 0.788. The second kappa shape index (κ2) is 3.40. The zero-order valence-electron chi connectivity index (χ0n) is 6.27. The molecular formula is C6H7F3N2S. The van der Waals surface area contributed by atoms with Crippen LogP contribution in [0.1, 0.15) is 10.6 Å². The van der Waals surface area contributed by atoms with Gasteiger partial charge in [-0.3, -0.25) is 0 Å². The Balaban J connectivity index is 2.91. The quantitative estimate of drug-likeness (QED) is 0.781. The van der Waals surface area contributed by atoms with Gasteiger partial charge in [-0.25, -0.2) is 4.98 Å². The van der Waals surface area contributed by atoms with E-state index < -0.39 is 11.9 Å². The number of hydrogen-bond acceptors (Lipinski definition) is 3. The molecule has 0 aromatic carbocycles. The number of nitrogens with zero attached hydrogens (tertiary/aromatic N) is 1. The highest BCUT2D eigenvalue weighted by molar-refractivity contribution is 7.09. The summed E-state index contributed by atoms with van der Waals surface area (Å²) in [5.41, 5.74) is 0.428. The van der Waals surface area contributed by atoms with Gasteiger partial charge in [0.15, 0.2) is 5.69 Å². The van der Waals surface area contributed by atoms with Crippen molar-refractivity contribution in [1.29, 1.82) is 0 Å². The Morgan fingerprint density at radius 1 is 1.58 bits per heavy atom. The summed E-state index contributed by atoms with van der Waals surface area (Å²) in [4.78, 5) is 3.49. The molecule has 0 aliphatic heterocycles. The Morgan fingerprint density at radius 2 is 2.25 bits per heavy atom. The molecule has 0 saturated carbocycles. The van der Waals surface area contributed by atoms with Crippen LogP contribution in [-0.4, -0.2) is 12.0 Å². The lowest BCUT2D eigenvalue weighted by Crippen LogP contribution is -2.12. The average molecular weight is 196 g/mol. The molecule has 0 aliphatic carbocycles. The Morgan fingerprint density at radius 3 is 2.75 bits per heavy atom. The molecule has 0 unspecified atom stereocenters. The van der Waals surface area contributed by atoms with Crippen LogP contribution in [0.2, 0.25) is 0 Å². The first-order valence-electron chi connectivity index (χ1n) is 3.20. The number of halogens is 3. The Bertz CT molecular complexity index is 256. The van der Waals surface area contributed by atoms with Crippen molar-refractivity contribution in [3.05, 3.63) is 16.1 Å². The molecule has 1 aromatic rings. The molecule has 2 nitrogen and oxygen atoms in total. The minimum atomic E-state index is -4.33. The van der Waals surface area contributed by atoms with E-state index in [1.165, 1.54) is 5.51 Å². The fourth-order valence-corrected chi connectivity index (χ4v) is 1.58. The predicted molar refractivity (Wildman–Crippen MR) is 39.9 cm³/mol. The van der Waals surface area contributed by atoms with Gasteiger partial charge in [-0.2, -0.15) is 13.2 Å². The normalized spacial score (nSPS) is 12.0. The van der Waals surface area contributed by atoms with Gasteiger partial charge < -0.3 is 5.32 Å². The van der Waals surface area contributed by atoms with Crippen molar-refractivity contribution < 1.29 is 13.2 Å². The van der Waals surface area contributed by atoms with E-state index in [1.54, 1.807) is 7.05 Å². The molecule has 0 spiro atoms. The summed E-state index contributed by atoms with van der Waals surface area (Å²) in [6, 6.07) is 0. The predicted octanol–water partition coefficient (Wildman–Crippen LogP) is 1.88. The Labute approximate surface area is 71.4 Å². The summed E-state index contributed by atoms with van der Waals surface area (Å²) < 4.78 is 36.4. The maximum Gasteiger partial charge on any atom is 0.434 e. The largest absolute Gasteiger partial charge is 0.434 e. The number of thiazole rings is 1. The lowest BCUT2D eigenvalue weighted by molar-refractivity contribution is -0.141. The van der Waals surface area contributed by atoms with Gasteiger partial charge in [0.25, 0.3) is 0 Å². The summed E-state index contributed by atoms with van der Waals surface area (Å²) in [5, 5.41) is 2.65. The van der Waals surface area contributed by atoms with Crippen molar-refractivity contribution >= 4 is 11.3 Å². The zero-order chi connectivity index (χ0) is 9.19. The minimum Gasteiger partial charge on any atom is -0.315 e. The van der Waals surface area contributed by atoms with Crippen LogP contribution in [0.3, 0.4) is 0 Å². The second-order valence-corrected chi connectivity index (χ2v) is 3.09. The highest BCUT2D eigenvalue weighted by atomic mass is 32.1. The average Bonchev–Trinajstić information content (AvgIpc) is 2.34. The van der Waals surface area contributed by atoms with Crippen molar-refractivity contribution in [1.82, 2.24) is 10.3 Å². The van der Waals surface area contributed by atoms with E-state index in [1.807, 2.05) is 0 Å². The first-order valence-corrected chi connectivity index (χ1v) is 4.08. The van der Waals surface area contributed by atoms with Crippen LogP contribution in [0, 0.1) is 0 Å². The smallest absolute Gasteiger partial charge is 0.315 e. The van der Waals surface area contributed by atoms with E-state index in [4.69, 9.17) is 0 Å². The number of alkyl halides is 3. The van der Waals surface area contributed by atoms with Gasteiger partial charge >= 0.3 is 6.18 Å². The van der Waals surface area contributed by atoms with Crippen LogP contribution < -0.4 is 5.32 Å². The molecule has 0 fully saturated rings. The highest BCUT2D eigenvalue weighted by Crippen LogP contribution is 2.32. The van der Waals surface area contributed by atoms with Crippen molar-refractivity contribution in [3.8, 4) is 0 Å². The third-order valence-electron chi connectivity index (χ3n) is 1.25. The van der Waals surface area contributed by atoms with Gasteiger partial charge in [0, 0.05) is 6.54 Å². The molecule has 0 atom stereocenters. The molecule has 0 bridgehead atoms. The highest BCUT2D eigenvalue weighted by Gasteiger charge is 2.35. The first-order chi connectivity index (χ1) is 5.55. The van der Waals surface area contributed by atoms with Crippen LogP contribution in [0.25, 0.3) is 0 Å². The molecule has 0 saturated heterocycles. The third-order valence-corrected chi connectivity index (χ3v) is 2.08. The molecule has 0 amide bonds. The molecule has 1 N–H and O–H groups in total. The van der Waals surface area contributed by atoms with Crippen molar-refractivity contribution in [2.75, 3.05) is 7.05 Å².